The number of aromatic carboxylic acids is 1. The van der Waals surface area contributed by atoms with E-state index in [1.165, 1.54) is 0 Å². The molecule has 0 unspecified atom stereocenters. The minimum absolute atomic E-state index is 0.201. The van der Waals surface area contributed by atoms with Crippen LogP contribution in [-0.4, -0.2) is 52.3 Å². The molecule has 0 fully saturated rings. The molecule has 0 saturated carbocycles. The van der Waals surface area contributed by atoms with Crippen LogP contribution in [0.3, 0.4) is 0 Å². The summed E-state index contributed by atoms with van der Waals surface area (Å²) in [6.07, 6.45) is 8.14. The number of benzene rings is 4. The third-order valence-electron chi connectivity index (χ3n) is 10.3. The Balaban J connectivity index is 1.43. The number of H-pyrrole nitrogens is 2. The summed E-state index contributed by atoms with van der Waals surface area (Å²) in [4.78, 5) is 30.0. The zero-order valence-electron chi connectivity index (χ0n) is 31.3. The van der Waals surface area contributed by atoms with Gasteiger partial charge in [0.25, 0.3) is 0 Å². The number of hydrogen-bond acceptors (Lipinski definition) is 6. The number of aromatic amines is 2. The predicted molar refractivity (Wildman–Crippen MR) is 227 cm³/mol. The molecule has 9 rings (SSSR count). The van der Waals surface area contributed by atoms with Crippen LogP contribution >= 0.6 is 0 Å². The van der Waals surface area contributed by atoms with E-state index in [9.17, 15) is 9.90 Å². The summed E-state index contributed by atoms with van der Waals surface area (Å²) < 4.78 is 16.5. The van der Waals surface area contributed by atoms with Gasteiger partial charge < -0.3 is 29.3 Å². The minimum Gasteiger partial charge on any atom is -0.497 e. The molecule has 57 heavy (non-hydrogen) atoms. The van der Waals surface area contributed by atoms with Crippen LogP contribution in [-0.2, 0) is 0 Å². The first kappa shape index (κ1) is 35.1. The fourth-order valence-corrected chi connectivity index (χ4v) is 7.47. The summed E-state index contributed by atoms with van der Waals surface area (Å²) in [5, 5.41) is 9.70. The van der Waals surface area contributed by atoms with Crippen molar-refractivity contribution >= 4 is 52.3 Å². The van der Waals surface area contributed by atoms with Crippen molar-refractivity contribution in [2.24, 2.45) is 0 Å². The number of nitrogens with one attached hydrogen (secondary N) is 2. The van der Waals surface area contributed by atoms with Crippen molar-refractivity contribution in [2.75, 3.05) is 21.3 Å². The van der Waals surface area contributed by atoms with E-state index in [4.69, 9.17) is 24.2 Å². The summed E-state index contributed by atoms with van der Waals surface area (Å²) in [6.45, 7) is 0. The predicted octanol–water partition coefficient (Wildman–Crippen LogP) is 11.0. The van der Waals surface area contributed by atoms with Gasteiger partial charge >= 0.3 is 5.97 Å². The molecule has 0 saturated heterocycles. The number of aromatic nitrogens is 4. The Bertz CT molecular complexity index is 2860. The quantitative estimate of drug-likeness (QED) is 0.141. The summed E-state index contributed by atoms with van der Waals surface area (Å²) >= 11 is 0. The number of carboxylic acid groups (broad SMARTS) is 1. The second kappa shape index (κ2) is 14.5. The number of fused-ring (bicyclic) bond motifs is 8. The van der Waals surface area contributed by atoms with Crippen LogP contribution in [0.25, 0.3) is 90.9 Å². The Morgan fingerprint density at radius 1 is 0.421 bits per heavy atom. The number of methoxy groups -OCH3 is 3. The summed E-state index contributed by atoms with van der Waals surface area (Å²) in [5.41, 5.74) is 13.9. The molecule has 0 amide bonds. The number of ether oxygens (including phenoxy) is 3. The smallest absolute Gasteiger partial charge is 0.335 e. The molecule has 8 bridgehead atoms. The van der Waals surface area contributed by atoms with Crippen molar-refractivity contribution in [3.63, 3.8) is 0 Å². The maximum Gasteiger partial charge on any atom is 0.335 e. The molecule has 3 N–H and O–H groups in total. The van der Waals surface area contributed by atoms with Crippen molar-refractivity contribution in [1.82, 2.24) is 19.9 Å². The fraction of sp³-hybridized carbons (Fsp3) is 0.0625. The van der Waals surface area contributed by atoms with E-state index in [1.807, 2.05) is 103 Å². The van der Waals surface area contributed by atoms with Gasteiger partial charge in [-0.1, -0.05) is 48.5 Å². The Labute approximate surface area is 328 Å². The normalized spacial score (nSPS) is 11.8. The highest BCUT2D eigenvalue weighted by molar-refractivity contribution is 6.00. The molecule has 4 aromatic carbocycles. The van der Waals surface area contributed by atoms with Gasteiger partial charge in [0, 0.05) is 44.3 Å². The first-order chi connectivity index (χ1) is 27.9. The SMILES string of the molecule is COc1ccc(-c2c3nc(c(-c4ccc(OC)cc4)c4ccc([nH]4)c(-c4ccc(C(=O)O)cc4)c4nc(c(-c5ccc(OC)cc5)c5ccc2[nH]5)C=C4)C=C3)cc1. The monoisotopic (exact) mass is 748 g/mol. The van der Waals surface area contributed by atoms with Crippen molar-refractivity contribution < 1.29 is 24.1 Å². The topological polar surface area (TPSA) is 122 Å². The maximum atomic E-state index is 11.8. The summed E-state index contributed by atoms with van der Waals surface area (Å²) in [5.74, 6) is 1.27. The molecule has 0 aliphatic carbocycles. The Morgan fingerprint density at radius 3 is 0.930 bits per heavy atom. The number of nitrogens with zero attached hydrogens (tertiary/aromatic N) is 2. The van der Waals surface area contributed by atoms with E-state index in [-0.39, 0.29) is 5.56 Å². The molecule has 5 heterocycles. The first-order valence-corrected chi connectivity index (χ1v) is 18.3. The van der Waals surface area contributed by atoms with Crippen LogP contribution in [0, 0.1) is 0 Å². The minimum atomic E-state index is -0.989. The third-order valence-corrected chi connectivity index (χ3v) is 10.3. The van der Waals surface area contributed by atoms with Crippen LogP contribution < -0.4 is 14.2 Å². The molecule has 3 aromatic heterocycles. The van der Waals surface area contributed by atoms with Gasteiger partial charge in [-0.05, 0) is 119 Å². The van der Waals surface area contributed by atoms with Crippen LogP contribution in [0.4, 0.5) is 0 Å². The molecule has 9 heteroatoms. The highest BCUT2D eigenvalue weighted by atomic mass is 16.5. The van der Waals surface area contributed by atoms with Gasteiger partial charge in [-0.25, -0.2) is 14.8 Å². The third kappa shape index (κ3) is 6.51. The second-order valence-electron chi connectivity index (χ2n) is 13.6. The van der Waals surface area contributed by atoms with E-state index >= 15 is 0 Å². The van der Waals surface area contributed by atoms with Crippen LogP contribution in [0.2, 0.25) is 0 Å². The zero-order chi connectivity index (χ0) is 39.0. The Kier molecular flexibility index (Phi) is 8.95. The van der Waals surface area contributed by atoms with E-state index in [0.717, 1.165) is 107 Å². The number of hydrogen-bond donors (Lipinski definition) is 3. The van der Waals surface area contributed by atoms with Gasteiger partial charge in [-0.15, -0.1) is 0 Å². The summed E-state index contributed by atoms with van der Waals surface area (Å²) in [6, 6.07) is 39.0. The Morgan fingerprint density at radius 2 is 0.684 bits per heavy atom. The molecule has 278 valence electrons. The van der Waals surface area contributed by atoms with Gasteiger partial charge in [0.1, 0.15) is 17.2 Å². The highest BCUT2D eigenvalue weighted by Crippen LogP contribution is 2.39. The van der Waals surface area contributed by atoms with Crippen molar-refractivity contribution in [2.45, 2.75) is 0 Å². The molecule has 2 aliphatic rings. The van der Waals surface area contributed by atoms with Gasteiger partial charge in [0.05, 0.1) is 49.7 Å². The van der Waals surface area contributed by atoms with Crippen molar-refractivity contribution in [3.05, 3.63) is 150 Å². The molecular formula is C48H36N4O5. The zero-order valence-corrected chi connectivity index (χ0v) is 31.3. The molecule has 0 atom stereocenters. The van der Waals surface area contributed by atoms with Crippen LogP contribution in [0.5, 0.6) is 17.2 Å². The largest absolute Gasteiger partial charge is 0.497 e. The van der Waals surface area contributed by atoms with Crippen LogP contribution in [0.15, 0.2) is 121 Å². The average Bonchev–Trinajstić information content (AvgIpc) is 4.10. The van der Waals surface area contributed by atoms with Gasteiger partial charge in [-0.2, -0.15) is 0 Å². The van der Waals surface area contributed by atoms with E-state index in [1.54, 1.807) is 33.5 Å². The molecule has 0 spiro atoms. The lowest BCUT2D eigenvalue weighted by atomic mass is 10.0. The standard InChI is InChI=1S/C48H36N4O5/c1-55-33-14-8-29(9-15-33)45-38-22-20-36(49-38)44(28-4-6-32(7-5-28)48(53)54)37-21-23-39(50-37)46(30-10-16-34(56-2)17-11-30)41-25-27-43(52-41)47(42-26-24-40(45)51-42)31-12-18-35(57-3)19-13-31/h4-27,49,52H,1-3H3,(H,53,54). The molecule has 9 nitrogen and oxygen atoms in total. The number of carbonyl (C=O) groups is 1. The lowest BCUT2D eigenvalue weighted by Crippen LogP contribution is -1.95. The lowest BCUT2D eigenvalue weighted by molar-refractivity contribution is 0.0697. The van der Waals surface area contributed by atoms with Crippen LogP contribution in [0.1, 0.15) is 33.1 Å². The van der Waals surface area contributed by atoms with E-state index in [0.29, 0.717) is 0 Å². The molecule has 2 aliphatic heterocycles. The maximum absolute atomic E-state index is 11.8. The number of carboxylic acids is 1. The average molecular weight is 749 g/mol. The van der Waals surface area contributed by atoms with Gasteiger partial charge in [-0.3, -0.25) is 0 Å². The summed E-state index contributed by atoms with van der Waals surface area (Å²) in [7, 11) is 4.97. The Hall–Kier alpha value is -7.65. The highest BCUT2D eigenvalue weighted by Gasteiger charge is 2.19. The lowest BCUT2D eigenvalue weighted by Gasteiger charge is -2.08. The number of rotatable bonds is 8. The van der Waals surface area contributed by atoms with Crippen molar-refractivity contribution in [1.29, 1.82) is 0 Å². The van der Waals surface area contributed by atoms with Gasteiger partial charge in [0.15, 0.2) is 0 Å². The fourth-order valence-electron chi connectivity index (χ4n) is 7.47. The van der Waals surface area contributed by atoms with Crippen molar-refractivity contribution in [3.8, 4) is 61.8 Å². The van der Waals surface area contributed by atoms with E-state index in [2.05, 4.69) is 40.3 Å². The van der Waals surface area contributed by atoms with E-state index < -0.39 is 5.97 Å². The van der Waals surface area contributed by atoms with Gasteiger partial charge in [0.2, 0.25) is 0 Å². The molecular weight excluding hydrogens is 713 g/mol. The molecule has 7 aromatic rings. The second-order valence-corrected chi connectivity index (χ2v) is 13.6. The first-order valence-electron chi connectivity index (χ1n) is 18.3. The molecule has 0 radical (unpaired) electrons.